The van der Waals surface area contributed by atoms with Crippen molar-refractivity contribution in [1.82, 2.24) is 19.3 Å². The topological polar surface area (TPSA) is 91.0 Å². The Hall–Kier alpha value is -3.75. The number of methoxy groups -OCH3 is 1. The Labute approximate surface area is 164 Å². The zero-order valence-electron chi connectivity index (χ0n) is 15.8. The largest absolute Gasteiger partial charge is 0.480 e. The van der Waals surface area contributed by atoms with Crippen LogP contribution in [0.5, 0.6) is 5.88 Å². The molecule has 9 heteroatoms. The molecule has 0 saturated carbocycles. The highest BCUT2D eigenvalue weighted by atomic mass is 19.1. The zero-order chi connectivity index (χ0) is 20.5. The minimum Gasteiger partial charge on any atom is -0.480 e. The van der Waals surface area contributed by atoms with Crippen LogP contribution >= 0.6 is 0 Å². The van der Waals surface area contributed by atoms with Gasteiger partial charge in [0.15, 0.2) is 0 Å². The van der Waals surface area contributed by atoms with E-state index in [4.69, 9.17) is 4.74 Å². The summed E-state index contributed by atoms with van der Waals surface area (Å²) in [5.74, 6) is -0.488. The standard InChI is InChI=1S/C20H18FN5O3/c1-25-18-13-6-5-12(21)10-16(13)26(20(28)14(18)11-23-25)9-7-17(27)24-15-4-3-8-22-19(15)29-2/h3-6,8,10-11H,7,9H2,1-2H3,(H,24,27). The van der Waals surface area contributed by atoms with Gasteiger partial charge in [0.2, 0.25) is 11.8 Å². The van der Waals surface area contributed by atoms with E-state index in [2.05, 4.69) is 15.4 Å². The van der Waals surface area contributed by atoms with Gasteiger partial charge in [0.25, 0.3) is 5.56 Å². The number of hydrogen-bond donors (Lipinski definition) is 1. The molecule has 0 aliphatic carbocycles. The number of amides is 1. The van der Waals surface area contributed by atoms with Crippen molar-refractivity contribution in [3.63, 3.8) is 0 Å². The minimum absolute atomic E-state index is 0.00926. The molecule has 0 radical (unpaired) electrons. The van der Waals surface area contributed by atoms with E-state index in [9.17, 15) is 14.0 Å². The van der Waals surface area contributed by atoms with Crippen LogP contribution < -0.4 is 15.6 Å². The van der Waals surface area contributed by atoms with Gasteiger partial charge in [-0.2, -0.15) is 5.10 Å². The number of ether oxygens (including phenoxy) is 1. The van der Waals surface area contributed by atoms with E-state index in [0.717, 1.165) is 0 Å². The Bertz CT molecular complexity index is 1290. The molecule has 1 amide bonds. The van der Waals surface area contributed by atoms with Crippen molar-refractivity contribution >= 4 is 33.4 Å². The van der Waals surface area contributed by atoms with Crippen molar-refractivity contribution in [1.29, 1.82) is 0 Å². The van der Waals surface area contributed by atoms with Crippen molar-refractivity contribution < 1.29 is 13.9 Å². The fraction of sp³-hybridized carbons (Fsp3) is 0.200. The van der Waals surface area contributed by atoms with Gasteiger partial charge in [-0.15, -0.1) is 0 Å². The number of fused-ring (bicyclic) bond motifs is 3. The molecule has 0 bridgehead atoms. The van der Waals surface area contributed by atoms with E-state index in [-0.39, 0.29) is 24.4 Å². The third kappa shape index (κ3) is 3.31. The van der Waals surface area contributed by atoms with Crippen LogP contribution in [0.2, 0.25) is 0 Å². The molecule has 1 aromatic carbocycles. The van der Waals surface area contributed by atoms with Crippen LogP contribution in [-0.2, 0) is 18.4 Å². The Balaban J connectivity index is 1.68. The van der Waals surface area contributed by atoms with E-state index in [1.54, 1.807) is 36.1 Å². The number of nitrogens with one attached hydrogen (secondary N) is 1. The second-order valence-electron chi connectivity index (χ2n) is 6.51. The number of aromatic nitrogens is 4. The van der Waals surface area contributed by atoms with Gasteiger partial charge in [-0.1, -0.05) is 0 Å². The molecule has 0 aliphatic heterocycles. The monoisotopic (exact) mass is 395 g/mol. The summed E-state index contributed by atoms with van der Waals surface area (Å²) in [6.07, 6.45) is 3.05. The molecular weight excluding hydrogens is 377 g/mol. The van der Waals surface area contributed by atoms with Crippen molar-refractivity contribution in [2.45, 2.75) is 13.0 Å². The highest BCUT2D eigenvalue weighted by Crippen LogP contribution is 2.24. The quantitative estimate of drug-likeness (QED) is 0.561. The lowest BCUT2D eigenvalue weighted by Crippen LogP contribution is -2.24. The van der Waals surface area contributed by atoms with Gasteiger partial charge in [0.05, 0.1) is 29.7 Å². The summed E-state index contributed by atoms with van der Waals surface area (Å²) in [4.78, 5) is 29.4. The normalized spacial score (nSPS) is 11.1. The van der Waals surface area contributed by atoms with Crippen LogP contribution in [0.15, 0.2) is 47.5 Å². The summed E-state index contributed by atoms with van der Waals surface area (Å²) >= 11 is 0. The smallest absolute Gasteiger partial charge is 0.262 e. The lowest BCUT2D eigenvalue weighted by atomic mass is 10.1. The van der Waals surface area contributed by atoms with Crippen molar-refractivity contribution in [3.8, 4) is 5.88 Å². The molecule has 3 aromatic heterocycles. The highest BCUT2D eigenvalue weighted by molar-refractivity contribution is 6.03. The minimum atomic E-state index is -0.461. The Morgan fingerprint density at radius 1 is 1.28 bits per heavy atom. The first-order chi connectivity index (χ1) is 14.0. The first-order valence-corrected chi connectivity index (χ1v) is 8.92. The highest BCUT2D eigenvalue weighted by Gasteiger charge is 2.16. The molecule has 29 heavy (non-hydrogen) atoms. The second kappa shape index (κ2) is 7.34. The molecule has 8 nitrogen and oxygen atoms in total. The molecule has 4 rings (SSSR count). The van der Waals surface area contributed by atoms with Crippen LogP contribution in [0.4, 0.5) is 10.1 Å². The molecule has 148 valence electrons. The predicted octanol–water partition coefficient (Wildman–Crippen LogP) is 2.46. The van der Waals surface area contributed by atoms with Crippen LogP contribution in [0.3, 0.4) is 0 Å². The van der Waals surface area contributed by atoms with E-state index in [1.807, 2.05) is 0 Å². The Kier molecular flexibility index (Phi) is 4.71. The molecule has 4 aromatic rings. The number of carbonyl (C=O) groups is 1. The number of carbonyl (C=O) groups excluding carboxylic acids is 1. The molecule has 0 fully saturated rings. The van der Waals surface area contributed by atoms with Gasteiger partial charge < -0.3 is 14.6 Å². The summed E-state index contributed by atoms with van der Waals surface area (Å²) in [5.41, 5.74) is 1.16. The summed E-state index contributed by atoms with van der Waals surface area (Å²) in [5, 5.41) is 7.98. The maximum Gasteiger partial charge on any atom is 0.262 e. The summed E-state index contributed by atoms with van der Waals surface area (Å²) in [7, 11) is 3.19. The van der Waals surface area contributed by atoms with Gasteiger partial charge >= 0.3 is 0 Å². The first-order valence-electron chi connectivity index (χ1n) is 8.92. The summed E-state index contributed by atoms with van der Waals surface area (Å²) in [6, 6.07) is 7.60. The van der Waals surface area contributed by atoms with Gasteiger partial charge in [0, 0.05) is 31.6 Å². The SMILES string of the molecule is COc1ncccc1NC(=O)CCn1c(=O)c2cnn(C)c2c2ccc(F)cc21. The van der Waals surface area contributed by atoms with Crippen LogP contribution in [0, 0.1) is 5.82 Å². The number of rotatable bonds is 5. The number of hydrogen-bond acceptors (Lipinski definition) is 5. The van der Waals surface area contributed by atoms with E-state index < -0.39 is 5.82 Å². The van der Waals surface area contributed by atoms with Crippen molar-refractivity contribution in [2.24, 2.45) is 7.05 Å². The number of halogens is 1. The summed E-state index contributed by atoms with van der Waals surface area (Å²) < 4.78 is 22.0. The van der Waals surface area contributed by atoms with E-state index in [0.29, 0.717) is 33.4 Å². The van der Waals surface area contributed by atoms with E-state index >= 15 is 0 Å². The Morgan fingerprint density at radius 2 is 2.10 bits per heavy atom. The number of nitrogens with zero attached hydrogens (tertiary/aromatic N) is 4. The Morgan fingerprint density at radius 3 is 2.90 bits per heavy atom. The molecule has 1 N–H and O–H groups in total. The lowest BCUT2D eigenvalue weighted by molar-refractivity contribution is -0.116. The maximum atomic E-state index is 13.9. The molecule has 0 aliphatic rings. The number of benzene rings is 1. The fourth-order valence-electron chi connectivity index (χ4n) is 3.39. The molecule has 0 unspecified atom stereocenters. The molecule has 3 heterocycles. The zero-order valence-corrected chi connectivity index (χ0v) is 15.8. The number of aryl methyl sites for hydroxylation is 2. The van der Waals surface area contributed by atoms with Crippen LogP contribution in [0.1, 0.15) is 6.42 Å². The van der Waals surface area contributed by atoms with Crippen LogP contribution in [0.25, 0.3) is 21.8 Å². The maximum absolute atomic E-state index is 13.9. The van der Waals surface area contributed by atoms with Gasteiger partial charge in [-0.25, -0.2) is 9.37 Å². The first kappa shape index (κ1) is 18.6. The van der Waals surface area contributed by atoms with E-state index in [1.165, 1.54) is 30.0 Å². The number of pyridine rings is 2. The van der Waals surface area contributed by atoms with Gasteiger partial charge in [-0.05, 0) is 30.3 Å². The van der Waals surface area contributed by atoms with Crippen molar-refractivity contribution in [3.05, 3.63) is 58.9 Å². The van der Waals surface area contributed by atoms with Crippen molar-refractivity contribution in [2.75, 3.05) is 12.4 Å². The number of anilines is 1. The molecule has 0 saturated heterocycles. The fourth-order valence-corrected chi connectivity index (χ4v) is 3.39. The molecule has 0 atom stereocenters. The summed E-state index contributed by atoms with van der Waals surface area (Å²) in [6.45, 7) is 0.0814. The average molecular weight is 395 g/mol. The van der Waals surface area contributed by atoms with Crippen LogP contribution in [-0.4, -0.2) is 32.3 Å². The lowest BCUT2D eigenvalue weighted by Gasteiger charge is -2.13. The second-order valence-corrected chi connectivity index (χ2v) is 6.51. The molecule has 0 spiro atoms. The van der Waals surface area contributed by atoms with Gasteiger partial charge in [-0.3, -0.25) is 14.3 Å². The molecular formula is C20H18FN5O3. The van der Waals surface area contributed by atoms with Gasteiger partial charge in [0.1, 0.15) is 11.5 Å². The predicted molar refractivity (Wildman–Crippen MR) is 106 cm³/mol. The average Bonchev–Trinajstić information content (AvgIpc) is 3.10. The third-order valence-electron chi connectivity index (χ3n) is 4.72. The third-order valence-corrected chi connectivity index (χ3v) is 4.72.